The molecule has 0 saturated carbocycles. The maximum atomic E-state index is 11.5. The predicted octanol–water partition coefficient (Wildman–Crippen LogP) is 4.50. The van der Waals surface area contributed by atoms with Crippen molar-refractivity contribution in [2.75, 3.05) is 5.32 Å². The molecule has 0 bridgehead atoms. The summed E-state index contributed by atoms with van der Waals surface area (Å²) in [5.74, 6) is -0.942. The molecule has 6 nitrogen and oxygen atoms in total. The number of amides is 1. The second-order valence-electron chi connectivity index (χ2n) is 5.49. The van der Waals surface area contributed by atoms with E-state index >= 15 is 0 Å². The van der Waals surface area contributed by atoms with Crippen molar-refractivity contribution in [1.82, 2.24) is 9.78 Å². The maximum absolute atomic E-state index is 11.5. The van der Waals surface area contributed by atoms with E-state index in [1.807, 2.05) is 12.1 Å². The zero-order valence-electron chi connectivity index (χ0n) is 13.5. The van der Waals surface area contributed by atoms with Crippen LogP contribution in [0, 0.1) is 0 Å². The molecule has 132 valence electrons. The third kappa shape index (κ3) is 3.71. The normalized spacial score (nSPS) is 10.6. The number of carboxylic acids is 1. The average molecular weight is 390 g/mol. The second kappa shape index (κ2) is 7.19. The van der Waals surface area contributed by atoms with Crippen molar-refractivity contribution < 1.29 is 14.7 Å². The third-order valence-electron chi connectivity index (χ3n) is 3.58. The van der Waals surface area contributed by atoms with Gasteiger partial charge in [-0.2, -0.15) is 5.10 Å². The zero-order chi connectivity index (χ0) is 18.8. The summed E-state index contributed by atoms with van der Waals surface area (Å²) in [6, 6.07) is 13.1. The average Bonchev–Trinajstić information content (AvgIpc) is 2.98. The topological polar surface area (TPSA) is 84.2 Å². The summed E-state index contributed by atoms with van der Waals surface area (Å²) in [6.07, 6.45) is 0. The number of rotatable bonds is 4. The van der Waals surface area contributed by atoms with Crippen LogP contribution in [0.1, 0.15) is 17.3 Å². The third-order valence-corrected chi connectivity index (χ3v) is 4.13. The molecule has 0 fully saturated rings. The largest absolute Gasteiger partial charge is 0.478 e. The van der Waals surface area contributed by atoms with Gasteiger partial charge >= 0.3 is 5.97 Å². The van der Waals surface area contributed by atoms with Gasteiger partial charge < -0.3 is 10.4 Å². The Bertz CT molecular complexity index is 997. The fourth-order valence-corrected chi connectivity index (χ4v) is 2.79. The first-order valence-electron chi connectivity index (χ1n) is 7.52. The second-order valence-corrected chi connectivity index (χ2v) is 6.33. The molecule has 26 heavy (non-hydrogen) atoms. The molecule has 0 unspecified atom stereocenters. The van der Waals surface area contributed by atoms with E-state index in [0.29, 0.717) is 22.2 Å². The quantitative estimate of drug-likeness (QED) is 0.687. The molecular formula is C18H13Cl2N3O3. The van der Waals surface area contributed by atoms with Gasteiger partial charge in [0.15, 0.2) is 0 Å². The Morgan fingerprint density at radius 2 is 1.77 bits per heavy atom. The summed E-state index contributed by atoms with van der Waals surface area (Å²) >= 11 is 12.2. The van der Waals surface area contributed by atoms with Crippen LogP contribution in [0.15, 0.2) is 48.5 Å². The van der Waals surface area contributed by atoms with Gasteiger partial charge in [-0.05, 0) is 30.3 Å². The van der Waals surface area contributed by atoms with E-state index in [-0.39, 0.29) is 16.5 Å². The Hall–Kier alpha value is -2.83. The number of aromatic carboxylic acids is 1. The van der Waals surface area contributed by atoms with Crippen LogP contribution in [0.5, 0.6) is 0 Å². The van der Waals surface area contributed by atoms with Crippen LogP contribution in [0.25, 0.3) is 16.9 Å². The number of hydrogen-bond donors (Lipinski definition) is 2. The molecule has 0 atom stereocenters. The number of carbonyl (C=O) groups is 2. The van der Waals surface area contributed by atoms with Crippen LogP contribution >= 0.6 is 23.2 Å². The van der Waals surface area contributed by atoms with Crippen LogP contribution in [0.3, 0.4) is 0 Å². The molecular weight excluding hydrogens is 377 g/mol. The minimum absolute atomic E-state index is 0.0601. The first kappa shape index (κ1) is 18.0. The molecule has 2 aromatic carbocycles. The fourth-order valence-electron chi connectivity index (χ4n) is 2.41. The Morgan fingerprint density at radius 1 is 1.08 bits per heavy atom. The van der Waals surface area contributed by atoms with E-state index in [0.717, 1.165) is 5.56 Å². The standard InChI is InChI=1S/C18H13Cl2N3O3/c1-10(24)21-17-9-15(11-2-5-13(19)6-3-11)22-23(17)16-7-4-12(18(25)26)8-14(16)20/h2-9H,1H3,(H,21,24)(H,25,26). The first-order valence-corrected chi connectivity index (χ1v) is 8.27. The lowest BCUT2D eigenvalue weighted by molar-refractivity contribution is -0.114. The van der Waals surface area contributed by atoms with Crippen molar-refractivity contribution in [3.8, 4) is 16.9 Å². The SMILES string of the molecule is CC(=O)Nc1cc(-c2ccc(Cl)cc2)nn1-c1ccc(C(=O)O)cc1Cl. The number of carbonyl (C=O) groups excluding carboxylic acids is 1. The van der Waals surface area contributed by atoms with E-state index in [1.54, 1.807) is 18.2 Å². The fraction of sp³-hybridized carbons (Fsp3) is 0.0556. The molecule has 3 aromatic rings. The Balaban J connectivity index is 2.12. The molecule has 1 amide bonds. The molecule has 1 aromatic heterocycles. The van der Waals surface area contributed by atoms with Crippen LogP contribution in [-0.4, -0.2) is 26.8 Å². The summed E-state index contributed by atoms with van der Waals surface area (Å²) in [5.41, 5.74) is 1.91. The smallest absolute Gasteiger partial charge is 0.335 e. The number of halogens is 2. The van der Waals surface area contributed by atoms with E-state index in [4.69, 9.17) is 28.3 Å². The molecule has 0 radical (unpaired) electrons. The molecule has 8 heteroatoms. The Labute approximate surface area is 159 Å². The molecule has 0 saturated heterocycles. The van der Waals surface area contributed by atoms with Crippen LogP contribution in [0.2, 0.25) is 10.0 Å². The molecule has 2 N–H and O–H groups in total. The number of anilines is 1. The van der Waals surface area contributed by atoms with Gasteiger partial charge in [-0.15, -0.1) is 0 Å². The zero-order valence-corrected chi connectivity index (χ0v) is 15.0. The van der Waals surface area contributed by atoms with Crippen molar-refractivity contribution in [2.45, 2.75) is 6.92 Å². The monoisotopic (exact) mass is 389 g/mol. The number of nitrogens with one attached hydrogen (secondary N) is 1. The highest BCUT2D eigenvalue weighted by Crippen LogP contribution is 2.29. The lowest BCUT2D eigenvalue weighted by atomic mass is 10.1. The van der Waals surface area contributed by atoms with Crippen LogP contribution in [0.4, 0.5) is 5.82 Å². The molecule has 0 aliphatic carbocycles. The molecule has 0 aliphatic rings. The number of aromatic nitrogens is 2. The summed E-state index contributed by atoms with van der Waals surface area (Å²) in [6.45, 7) is 1.38. The van der Waals surface area contributed by atoms with Crippen molar-refractivity contribution in [1.29, 1.82) is 0 Å². The van der Waals surface area contributed by atoms with Gasteiger partial charge in [-0.25, -0.2) is 9.48 Å². The predicted molar refractivity (Wildman–Crippen MR) is 100 cm³/mol. The van der Waals surface area contributed by atoms with E-state index in [2.05, 4.69) is 10.4 Å². The summed E-state index contributed by atoms with van der Waals surface area (Å²) in [4.78, 5) is 22.6. The van der Waals surface area contributed by atoms with Crippen molar-refractivity contribution in [3.05, 3.63) is 64.1 Å². The first-order chi connectivity index (χ1) is 12.3. The Kier molecular flexibility index (Phi) is 4.97. The van der Waals surface area contributed by atoms with Gasteiger partial charge in [0.1, 0.15) is 5.82 Å². The number of nitrogens with zero attached hydrogens (tertiary/aromatic N) is 2. The number of carboxylic acid groups (broad SMARTS) is 1. The highest BCUT2D eigenvalue weighted by Gasteiger charge is 2.16. The van der Waals surface area contributed by atoms with Crippen molar-refractivity contribution in [2.24, 2.45) is 0 Å². The van der Waals surface area contributed by atoms with Gasteiger partial charge in [0.05, 0.1) is 22.0 Å². The molecule has 1 heterocycles. The highest BCUT2D eigenvalue weighted by atomic mass is 35.5. The Morgan fingerprint density at radius 3 is 2.35 bits per heavy atom. The van der Waals surface area contributed by atoms with Crippen LogP contribution in [-0.2, 0) is 4.79 Å². The van der Waals surface area contributed by atoms with Crippen molar-refractivity contribution in [3.63, 3.8) is 0 Å². The molecule has 0 aliphatic heterocycles. The van der Waals surface area contributed by atoms with Gasteiger partial charge in [0, 0.05) is 23.6 Å². The van der Waals surface area contributed by atoms with Crippen LogP contribution < -0.4 is 5.32 Å². The van der Waals surface area contributed by atoms with E-state index in [1.165, 1.54) is 29.8 Å². The minimum Gasteiger partial charge on any atom is -0.478 e. The van der Waals surface area contributed by atoms with Gasteiger partial charge in [-0.1, -0.05) is 35.3 Å². The van der Waals surface area contributed by atoms with Gasteiger partial charge in [0.25, 0.3) is 0 Å². The molecule has 3 rings (SSSR count). The summed E-state index contributed by atoms with van der Waals surface area (Å²) in [5, 5.41) is 17.1. The van der Waals surface area contributed by atoms with Gasteiger partial charge in [0.2, 0.25) is 5.91 Å². The number of benzene rings is 2. The van der Waals surface area contributed by atoms with E-state index in [9.17, 15) is 9.59 Å². The summed E-state index contributed by atoms with van der Waals surface area (Å²) in [7, 11) is 0. The minimum atomic E-state index is -1.08. The maximum Gasteiger partial charge on any atom is 0.335 e. The van der Waals surface area contributed by atoms with Gasteiger partial charge in [-0.3, -0.25) is 4.79 Å². The lowest BCUT2D eigenvalue weighted by Gasteiger charge is -2.09. The number of hydrogen-bond acceptors (Lipinski definition) is 3. The summed E-state index contributed by atoms with van der Waals surface area (Å²) < 4.78 is 1.46. The lowest BCUT2D eigenvalue weighted by Crippen LogP contribution is -2.11. The highest BCUT2D eigenvalue weighted by molar-refractivity contribution is 6.32. The van der Waals surface area contributed by atoms with E-state index < -0.39 is 5.97 Å². The molecule has 0 spiro atoms. The van der Waals surface area contributed by atoms with Crippen molar-refractivity contribution >= 4 is 40.9 Å².